The van der Waals surface area contributed by atoms with Crippen LogP contribution in [0, 0.1) is 5.82 Å². The van der Waals surface area contributed by atoms with Gasteiger partial charge in [0.05, 0.1) is 23.8 Å². The third kappa shape index (κ3) is 5.97. The van der Waals surface area contributed by atoms with E-state index >= 15 is 0 Å². The maximum absolute atomic E-state index is 14.6. The molecule has 0 bridgehead atoms. The van der Waals surface area contributed by atoms with Gasteiger partial charge in [-0.05, 0) is 60.3 Å². The van der Waals surface area contributed by atoms with Gasteiger partial charge in [-0.15, -0.1) is 11.3 Å². The number of hydrogen-bond acceptors (Lipinski definition) is 6. The minimum absolute atomic E-state index is 0.0751. The summed E-state index contributed by atoms with van der Waals surface area (Å²) in [5, 5.41) is 4.60. The Bertz CT molecular complexity index is 1190. The highest BCUT2D eigenvalue weighted by Gasteiger charge is 2.17. The molecule has 0 unspecified atom stereocenters. The van der Waals surface area contributed by atoms with Gasteiger partial charge in [0.1, 0.15) is 5.82 Å². The molecule has 7 nitrogen and oxygen atoms in total. The molecule has 2 N–H and O–H groups in total. The van der Waals surface area contributed by atoms with Crippen molar-refractivity contribution >= 4 is 38.6 Å². The average molecular weight is 490 g/mol. The van der Waals surface area contributed by atoms with Crippen LogP contribution in [0.3, 0.4) is 0 Å². The number of hydrogen-bond donors (Lipinski definition) is 2. The number of carbonyl (C=O) groups is 1. The smallest absolute Gasteiger partial charge is 0.255 e. The lowest BCUT2D eigenvalue weighted by Crippen LogP contribution is -2.36. The maximum atomic E-state index is 14.6. The van der Waals surface area contributed by atoms with E-state index < -0.39 is 21.7 Å². The summed E-state index contributed by atoms with van der Waals surface area (Å²) >= 11 is 1.57. The highest BCUT2D eigenvalue weighted by molar-refractivity contribution is 7.89. The van der Waals surface area contributed by atoms with E-state index in [1.54, 1.807) is 23.5 Å². The molecule has 1 aliphatic heterocycles. The van der Waals surface area contributed by atoms with Crippen molar-refractivity contribution in [1.82, 2.24) is 4.72 Å². The number of nitrogens with zero attached hydrogens (tertiary/aromatic N) is 1. The van der Waals surface area contributed by atoms with E-state index in [4.69, 9.17) is 4.74 Å². The van der Waals surface area contributed by atoms with Crippen molar-refractivity contribution in [3.05, 3.63) is 76.2 Å². The monoisotopic (exact) mass is 489 g/mol. The van der Waals surface area contributed by atoms with Crippen LogP contribution in [0.1, 0.15) is 15.2 Å². The predicted molar refractivity (Wildman–Crippen MR) is 127 cm³/mol. The summed E-state index contributed by atoms with van der Waals surface area (Å²) < 4.78 is 47.4. The summed E-state index contributed by atoms with van der Waals surface area (Å²) in [6, 6.07) is 14.0. The first-order valence-corrected chi connectivity index (χ1v) is 12.8. The van der Waals surface area contributed by atoms with Gasteiger partial charge in [-0.3, -0.25) is 4.79 Å². The normalized spacial score (nSPS) is 14.3. The Labute approximate surface area is 196 Å². The van der Waals surface area contributed by atoms with Crippen LogP contribution in [0.5, 0.6) is 0 Å². The first-order valence-electron chi connectivity index (χ1n) is 10.5. The molecular weight excluding hydrogens is 465 g/mol. The summed E-state index contributed by atoms with van der Waals surface area (Å²) in [5.41, 5.74) is 1.06. The molecule has 1 amide bonds. The minimum Gasteiger partial charge on any atom is -0.378 e. The maximum Gasteiger partial charge on any atom is 0.255 e. The second-order valence-electron chi connectivity index (χ2n) is 7.47. The summed E-state index contributed by atoms with van der Waals surface area (Å²) in [5.74, 6) is -0.882. The van der Waals surface area contributed by atoms with Crippen LogP contribution < -0.4 is 14.9 Å². The van der Waals surface area contributed by atoms with E-state index in [2.05, 4.69) is 10.0 Å². The number of halogens is 1. The molecule has 0 spiro atoms. The zero-order valence-corrected chi connectivity index (χ0v) is 19.4. The van der Waals surface area contributed by atoms with E-state index in [0.29, 0.717) is 44.1 Å². The van der Waals surface area contributed by atoms with E-state index in [0.717, 1.165) is 4.88 Å². The summed E-state index contributed by atoms with van der Waals surface area (Å²) in [7, 11) is -3.68. The number of sulfonamides is 1. The number of carbonyl (C=O) groups excluding carboxylic acids is 1. The standard InChI is InChI=1S/C23H24FN3O4S2/c24-21-16-18(5-8-22(21)27-11-13-31-14-12-27)26-23(28)17-3-6-20(7-4-17)33(29,30)25-10-9-19-2-1-15-32-19/h1-8,15-16,25H,9-14H2,(H,26,28). The van der Waals surface area contributed by atoms with Gasteiger partial charge in [-0.1, -0.05) is 6.07 Å². The lowest BCUT2D eigenvalue weighted by atomic mass is 10.2. The Morgan fingerprint density at radius 2 is 1.85 bits per heavy atom. The minimum atomic E-state index is -3.68. The molecular formula is C23H24FN3O4S2. The van der Waals surface area contributed by atoms with Crippen LogP contribution in [-0.4, -0.2) is 47.2 Å². The third-order valence-corrected chi connectivity index (χ3v) is 7.64. The first kappa shape index (κ1) is 23.4. The molecule has 10 heteroatoms. The number of morpholine rings is 1. The van der Waals surface area contributed by atoms with E-state index in [1.807, 2.05) is 22.4 Å². The quantitative estimate of drug-likeness (QED) is 0.506. The summed E-state index contributed by atoms with van der Waals surface area (Å²) in [6.07, 6.45) is 0.609. The fourth-order valence-corrected chi connectivity index (χ4v) is 5.22. The molecule has 2 heterocycles. The Balaban J connectivity index is 1.36. The van der Waals surface area contributed by atoms with Crippen molar-refractivity contribution < 1.29 is 22.3 Å². The van der Waals surface area contributed by atoms with Crippen molar-refractivity contribution in [3.8, 4) is 0 Å². The molecule has 2 aromatic carbocycles. The molecule has 0 aliphatic carbocycles. The van der Waals surface area contributed by atoms with Crippen molar-refractivity contribution in [3.63, 3.8) is 0 Å². The molecule has 0 radical (unpaired) electrons. The average Bonchev–Trinajstić information content (AvgIpc) is 3.33. The number of ether oxygens (including phenoxy) is 1. The molecule has 3 aromatic rings. The zero-order chi connectivity index (χ0) is 23.3. The van der Waals surface area contributed by atoms with Gasteiger partial charge in [-0.25, -0.2) is 17.5 Å². The highest BCUT2D eigenvalue weighted by Crippen LogP contribution is 2.24. The fourth-order valence-electron chi connectivity index (χ4n) is 3.48. The highest BCUT2D eigenvalue weighted by atomic mass is 32.2. The summed E-state index contributed by atoms with van der Waals surface area (Å²) in [4.78, 5) is 15.6. The second kappa shape index (κ2) is 10.4. The van der Waals surface area contributed by atoms with Crippen molar-refractivity contribution in [1.29, 1.82) is 0 Å². The Morgan fingerprint density at radius 3 is 2.52 bits per heavy atom. The lowest BCUT2D eigenvalue weighted by molar-refractivity contribution is 0.102. The Kier molecular flexibility index (Phi) is 7.39. The molecule has 0 atom stereocenters. The van der Waals surface area contributed by atoms with Gasteiger partial charge in [0.25, 0.3) is 5.91 Å². The van der Waals surface area contributed by atoms with Gasteiger partial charge in [0.2, 0.25) is 10.0 Å². The van der Waals surface area contributed by atoms with E-state index in [-0.39, 0.29) is 17.0 Å². The zero-order valence-electron chi connectivity index (χ0n) is 17.8. The number of benzene rings is 2. The molecule has 1 saturated heterocycles. The van der Waals surface area contributed by atoms with Crippen molar-refractivity contribution in [2.24, 2.45) is 0 Å². The molecule has 1 aromatic heterocycles. The van der Waals surface area contributed by atoms with Crippen LogP contribution in [0.25, 0.3) is 0 Å². The van der Waals surface area contributed by atoms with Crippen LogP contribution in [0.15, 0.2) is 64.9 Å². The van der Waals surface area contributed by atoms with Gasteiger partial charge in [0.15, 0.2) is 0 Å². The Morgan fingerprint density at radius 1 is 1.09 bits per heavy atom. The van der Waals surface area contributed by atoms with Crippen LogP contribution in [-0.2, 0) is 21.2 Å². The molecule has 174 valence electrons. The predicted octanol–water partition coefficient (Wildman–Crippen LogP) is 3.50. The topological polar surface area (TPSA) is 87.7 Å². The lowest BCUT2D eigenvalue weighted by Gasteiger charge is -2.29. The third-order valence-electron chi connectivity index (χ3n) is 5.23. The fraction of sp³-hybridized carbons (Fsp3) is 0.261. The number of nitrogens with one attached hydrogen (secondary N) is 2. The first-order chi connectivity index (χ1) is 15.9. The second-order valence-corrected chi connectivity index (χ2v) is 10.3. The van der Waals surface area contributed by atoms with E-state index in [9.17, 15) is 17.6 Å². The number of anilines is 2. The van der Waals surface area contributed by atoms with E-state index in [1.165, 1.54) is 30.3 Å². The Hall–Kier alpha value is -2.79. The van der Waals surface area contributed by atoms with Crippen LogP contribution >= 0.6 is 11.3 Å². The van der Waals surface area contributed by atoms with Crippen molar-refractivity contribution in [2.75, 3.05) is 43.1 Å². The van der Waals surface area contributed by atoms with Gasteiger partial charge in [0, 0.05) is 35.8 Å². The van der Waals surface area contributed by atoms with Crippen LogP contribution in [0.4, 0.5) is 15.8 Å². The molecule has 1 aliphatic rings. The van der Waals surface area contributed by atoms with Gasteiger partial charge >= 0.3 is 0 Å². The van der Waals surface area contributed by atoms with Gasteiger partial charge in [-0.2, -0.15) is 0 Å². The summed E-state index contributed by atoms with van der Waals surface area (Å²) in [6.45, 7) is 2.61. The number of amides is 1. The number of thiophene rings is 1. The molecule has 1 fully saturated rings. The SMILES string of the molecule is O=C(Nc1ccc(N2CCOCC2)c(F)c1)c1ccc(S(=O)(=O)NCCc2cccs2)cc1. The largest absolute Gasteiger partial charge is 0.378 e. The van der Waals surface area contributed by atoms with Crippen LogP contribution in [0.2, 0.25) is 0 Å². The molecule has 0 saturated carbocycles. The molecule has 4 rings (SSSR count). The molecule has 33 heavy (non-hydrogen) atoms. The van der Waals surface area contributed by atoms with Gasteiger partial charge < -0.3 is 15.0 Å². The number of rotatable bonds is 8. The van der Waals surface area contributed by atoms with Crippen molar-refractivity contribution in [2.45, 2.75) is 11.3 Å².